The summed E-state index contributed by atoms with van der Waals surface area (Å²) in [5, 5.41) is 0. The smallest absolute Gasteiger partial charge is 0.237 e. The summed E-state index contributed by atoms with van der Waals surface area (Å²) in [7, 11) is -12.0. The van der Waals surface area contributed by atoms with Crippen LogP contribution in [0.3, 0.4) is 0 Å². The van der Waals surface area contributed by atoms with Crippen LogP contribution in [0.4, 0.5) is 26.3 Å². The van der Waals surface area contributed by atoms with Crippen molar-refractivity contribution in [2.75, 3.05) is 0 Å². The van der Waals surface area contributed by atoms with Gasteiger partial charge in [0.05, 0.1) is 13.1 Å². The van der Waals surface area contributed by atoms with Gasteiger partial charge in [-0.3, -0.25) is 0 Å². The van der Waals surface area contributed by atoms with Gasteiger partial charge in [-0.15, -0.1) is 26.3 Å². The van der Waals surface area contributed by atoms with Crippen LogP contribution in [0.5, 0.6) is 0 Å². The van der Waals surface area contributed by atoms with E-state index in [1.165, 1.54) is 10.8 Å². The van der Waals surface area contributed by atoms with Crippen molar-refractivity contribution >= 4 is 20.2 Å². The minimum Gasteiger partial charge on any atom is -0.237 e. The summed E-state index contributed by atoms with van der Waals surface area (Å²) >= 11 is 0. The van der Waals surface area contributed by atoms with Crippen LogP contribution in [0.15, 0.2) is 18.7 Å². The van der Waals surface area contributed by atoms with E-state index < -0.39 is 50.4 Å². The molecular weight excluding hydrogens is 458 g/mol. The van der Waals surface area contributed by atoms with Crippen molar-refractivity contribution in [1.82, 2.24) is 4.57 Å². The Hall–Kier alpha value is -1.39. The molecule has 0 aliphatic rings. The van der Waals surface area contributed by atoms with Crippen molar-refractivity contribution in [3.63, 3.8) is 0 Å². The van der Waals surface area contributed by atoms with Gasteiger partial charge in [0, 0.05) is 0 Å². The van der Waals surface area contributed by atoms with Crippen LogP contribution in [0, 0.1) is 0 Å². The molecule has 29 heavy (non-hydrogen) atoms. The predicted molar refractivity (Wildman–Crippen MR) is 84.7 cm³/mol. The number of aromatic nitrogens is 2. The van der Waals surface area contributed by atoms with Gasteiger partial charge >= 0.3 is 12.7 Å². The first-order valence-electron chi connectivity index (χ1n) is 8.13. The Morgan fingerprint density at radius 3 is 1.93 bits per heavy atom. The molecule has 1 heterocycles. The molecule has 0 spiro atoms. The van der Waals surface area contributed by atoms with E-state index >= 15 is 0 Å². The molecule has 16 heteroatoms. The molecule has 0 N–H and O–H groups in total. The van der Waals surface area contributed by atoms with Crippen LogP contribution in [0.2, 0.25) is 0 Å². The molecule has 0 saturated heterocycles. The predicted octanol–water partition coefficient (Wildman–Crippen LogP) is 2.41. The number of hydrogen-bond acceptors (Lipinski definition) is 6. The van der Waals surface area contributed by atoms with E-state index in [0.717, 1.165) is 12.8 Å². The molecule has 0 bridgehead atoms. The molecule has 0 unspecified atom stereocenters. The SMILES string of the molecule is CCCCn1cc[n+](CCCC(S(=O)(=O)OC(F)(F)F)S(=O)(=O)OC(F)(F)F)c1. The molecule has 0 aliphatic carbocycles. The van der Waals surface area contributed by atoms with E-state index in [1.807, 2.05) is 6.92 Å². The highest BCUT2D eigenvalue weighted by Gasteiger charge is 2.50. The van der Waals surface area contributed by atoms with Crippen molar-refractivity contribution in [3.8, 4) is 0 Å². The summed E-state index contributed by atoms with van der Waals surface area (Å²) in [6, 6.07) is 0. The summed E-state index contributed by atoms with van der Waals surface area (Å²) in [4.78, 5) is 0. The maximum Gasteiger partial charge on any atom is 0.537 e. The zero-order valence-corrected chi connectivity index (χ0v) is 16.6. The minimum atomic E-state index is -6.02. The number of unbranched alkanes of at least 4 members (excludes halogenated alkanes) is 1. The van der Waals surface area contributed by atoms with Gasteiger partial charge in [0.15, 0.2) is 0 Å². The highest BCUT2D eigenvalue weighted by molar-refractivity contribution is 8.04. The number of aryl methyl sites for hydroxylation is 2. The average Bonchev–Trinajstić information content (AvgIpc) is 2.91. The van der Waals surface area contributed by atoms with Gasteiger partial charge in [0.2, 0.25) is 10.9 Å². The summed E-state index contributed by atoms with van der Waals surface area (Å²) in [6.07, 6.45) is -6.63. The van der Waals surface area contributed by atoms with E-state index in [4.69, 9.17) is 0 Å². The van der Waals surface area contributed by atoms with Crippen molar-refractivity contribution in [1.29, 1.82) is 0 Å². The first-order chi connectivity index (χ1) is 13.1. The molecular formula is C13H19F6N2O6S2+. The molecule has 1 aromatic rings. The third-order valence-electron chi connectivity index (χ3n) is 3.44. The molecule has 0 saturated carbocycles. The molecule has 8 nitrogen and oxygen atoms in total. The van der Waals surface area contributed by atoms with Crippen molar-refractivity contribution in [3.05, 3.63) is 18.7 Å². The lowest BCUT2D eigenvalue weighted by molar-refractivity contribution is -0.696. The number of alkyl halides is 6. The second-order valence-electron chi connectivity index (χ2n) is 5.86. The molecule has 0 aliphatic heterocycles. The Balaban J connectivity index is 2.96. The molecule has 0 aromatic carbocycles. The van der Waals surface area contributed by atoms with Gasteiger partial charge in [0.25, 0.3) is 20.2 Å². The summed E-state index contributed by atoms with van der Waals surface area (Å²) in [6.45, 7) is 2.55. The Kier molecular flexibility index (Phi) is 8.50. The fourth-order valence-electron chi connectivity index (χ4n) is 2.29. The van der Waals surface area contributed by atoms with Gasteiger partial charge in [-0.2, -0.15) is 25.2 Å². The van der Waals surface area contributed by atoms with Crippen LogP contribution in [-0.4, -0.2) is 38.7 Å². The zero-order chi connectivity index (χ0) is 22.5. The van der Waals surface area contributed by atoms with E-state index in [1.54, 1.807) is 17.1 Å². The van der Waals surface area contributed by atoms with Gasteiger partial charge in [-0.25, -0.2) is 9.13 Å². The number of nitrogens with zero attached hydrogens (tertiary/aromatic N) is 2. The molecule has 1 rings (SSSR count). The third kappa shape index (κ3) is 9.31. The summed E-state index contributed by atoms with van der Waals surface area (Å²) in [5.41, 5.74) is 0. The monoisotopic (exact) mass is 477 g/mol. The van der Waals surface area contributed by atoms with Crippen molar-refractivity contribution in [2.24, 2.45) is 0 Å². The highest BCUT2D eigenvalue weighted by Crippen LogP contribution is 2.30. The van der Waals surface area contributed by atoms with E-state index in [-0.39, 0.29) is 6.54 Å². The zero-order valence-electron chi connectivity index (χ0n) is 15.0. The third-order valence-corrected chi connectivity index (χ3v) is 7.45. The Bertz CT molecular complexity index is 817. The number of rotatable bonds is 11. The van der Waals surface area contributed by atoms with Crippen LogP contribution in [-0.2, 0) is 41.7 Å². The lowest BCUT2D eigenvalue weighted by atomic mass is 10.3. The van der Waals surface area contributed by atoms with Gasteiger partial charge < -0.3 is 0 Å². The van der Waals surface area contributed by atoms with Crippen LogP contribution >= 0.6 is 0 Å². The topological polar surface area (TPSA) is 95.5 Å². The highest BCUT2D eigenvalue weighted by atomic mass is 32.3. The Morgan fingerprint density at radius 1 is 0.966 bits per heavy atom. The van der Waals surface area contributed by atoms with Crippen LogP contribution in [0.25, 0.3) is 0 Å². The normalized spacial score (nSPS) is 13.9. The molecule has 0 atom stereocenters. The fourth-order valence-corrected chi connectivity index (χ4v) is 5.33. The van der Waals surface area contributed by atoms with E-state index in [2.05, 4.69) is 8.37 Å². The second kappa shape index (κ2) is 9.61. The molecule has 0 fully saturated rings. The molecule has 170 valence electrons. The van der Waals surface area contributed by atoms with E-state index in [9.17, 15) is 43.2 Å². The Morgan fingerprint density at radius 2 is 1.48 bits per heavy atom. The second-order valence-corrected chi connectivity index (χ2v) is 9.60. The van der Waals surface area contributed by atoms with Crippen LogP contribution in [0.1, 0.15) is 32.6 Å². The maximum absolute atomic E-state index is 12.3. The lowest BCUT2D eigenvalue weighted by Crippen LogP contribution is -2.39. The summed E-state index contributed by atoms with van der Waals surface area (Å²) < 4.78 is 126. The maximum atomic E-state index is 12.3. The quantitative estimate of drug-likeness (QED) is 0.276. The fraction of sp³-hybridized carbons (Fsp3) is 0.769. The van der Waals surface area contributed by atoms with Crippen LogP contribution < -0.4 is 4.57 Å². The first-order valence-corrected chi connectivity index (χ1v) is 11.1. The lowest BCUT2D eigenvalue weighted by Gasteiger charge is -2.18. The number of hydrogen-bond donors (Lipinski definition) is 0. The first kappa shape index (κ1) is 25.6. The van der Waals surface area contributed by atoms with Gasteiger partial charge in [0.1, 0.15) is 12.4 Å². The minimum absolute atomic E-state index is 0.0707. The molecule has 1 aromatic heterocycles. The van der Waals surface area contributed by atoms with Crippen molar-refractivity contribution < 1.29 is 56.1 Å². The Labute approximate surface area is 163 Å². The number of imidazole rings is 1. The molecule has 0 radical (unpaired) electrons. The van der Waals surface area contributed by atoms with Gasteiger partial charge in [-0.1, -0.05) is 13.3 Å². The average molecular weight is 477 g/mol. The van der Waals surface area contributed by atoms with Crippen molar-refractivity contribution in [2.45, 2.75) is 63.0 Å². The number of halogens is 6. The van der Waals surface area contributed by atoms with E-state index in [0.29, 0.717) is 6.54 Å². The van der Waals surface area contributed by atoms with Gasteiger partial charge in [-0.05, 0) is 19.3 Å². The largest absolute Gasteiger partial charge is 0.537 e. The molecule has 0 amide bonds. The standard InChI is InChI=1S/C13H19F6N2O6S2/c1-2-3-6-20-8-9-21(10-20)7-4-5-11(28(22,23)26-12(14,15)16)29(24,25)27-13(17,18)19/h8-11H,2-7H2,1H3/q+1. The summed E-state index contributed by atoms with van der Waals surface area (Å²) in [5.74, 6) is 0.